The Kier molecular flexibility index (Phi) is 7.69. The molecule has 0 fully saturated rings. The lowest BCUT2D eigenvalue weighted by Gasteiger charge is -2.07. The zero-order valence-corrected chi connectivity index (χ0v) is 8.84. The van der Waals surface area contributed by atoms with Crippen molar-refractivity contribution in [3.8, 4) is 0 Å². The molecule has 0 unspecified atom stereocenters. The van der Waals surface area contributed by atoms with Crippen molar-refractivity contribution in [1.82, 2.24) is 0 Å². The average Bonchev–Trinajstić information content (AvgIpc) is 2.03. The van der Waals surface area contributed by atoms with E-state index in [2.05, 4.69) is 0 Å². The van der Waals surface area contributed by atoms with E-state index in [1.54, 1.807) is 0 Å². The summed E-state index contributed by atoms with van der Waals surface area (Å²) in [5.41, 5.74) is 0. The van der Waals surface area contributed by atoms with Gasteiger partial charge in [-0.05, 0) is 20.3 Å². The van der Waals surface area contributed by atoms with Gasteiger partial charge >= 0.3 is 5.97 Å². The molecule has 0 saturated heterocycles. The minimum Gasteiger partial charge on any atom is -0.466 e. The minimum atomic E-state index is -0.105. The van der Waals surface area contributed by atoms with Crippen LogP contribution in [-0.4, -0.2) is 25.3 Å². The van der Waals surface area contributed by atoms with E-state index < -0.39 is 0 Å². The molecule has 0 N–H and O–H groups in total. The van der Waals surface area contributed by atoms with Gasteiger partial charge in [0.2, 0.25) is 0 Å². The first-order valence-electron chi connectivity index (χ1n) is 4.94. The SMILES string of the molecule is CCCC(=O)OCCCOC(C)C. The number of carbonyl (C=O) groups is 1. The van der Waals surface area contributed by atoms with Gasteiger partial charge in [-0.15, -0.1) is 0 Å². The third-order valence-electron chi connectivity index (χ3n) is 1.46. The van der Waals surface area contributed by atoms with Crippen LogP contribution in [-0.2, 0) is 14.3 Å². The standard InChI is InChI=1S/C10H20O3/c1-4-6-10(11)13-8-5-7-12-9(2)3/h9H,4-8H2,1-3H3. The highest BCUT2D eigenvalue weighted by atomic mass is 16.5. The Hall–Kier alpha value is -0.570. The van der Waals surface area contributed by atoms with E-state index in [0.29, 0.717) is 19.6 Å². The molecule has 0 heterocycles. The quantitative estimate of drug-likeness (QED) is 0.453. The zero-order valence-electron chi connectivity index (χ0n) is 8.84. The number of carbonyl (C=O) groups excluding carboxylic acids is 1. The highest BCUT2D eigenvalue weighted by Gasteiger charge is 1.99. The van der Waals surface area contributed by atoms with Crippen molar-refractivity contribution in [2.75, 3.05) is 13.2 Å². The lowest BCUT2D eigenvalue weighted by molar-refractivity contribution is -0.144. The Morgan fingerprint density at radius 2 is 2.00 bits per heavy atom. The number of rotatable bonds is 7. The van der Waals surface area contributed by atoms with Gasteiger partial charge in [-0.1, -0.05) is 6.92 Å². The fraction of sp³-hybridized carbons (Fsp3) is 0.900. The van der Waals surface area contributed by atoms with Gasteiger partial charge in [0, 0.05) is 12.8 Å². The largest absolute Gasteiger partial charge is 0.466 e. The second-order valence-electron chi connectivity index (χ2n) is 3.24. The van der Waals surface area contributed by atoms with Gasteiger partial charge in [-0.25, -0.2) is 0 Å². The van der Waals surface area contributed by atoms with Gasteiger partial charge < -0.3 is 9.47 Å². The highest BCUT2D eigenvalue weighted by molar-refractivity contribution is 5.69. The molecule has 0 aromatic rings. The van der Waals surface area contributed by atoms with E-state index in [4.69, 9.17) is 9.47 Å². The molecule has 0 aliphatic heterocycles. The Morgan fingerprint density at radius 1 is 1.31 bits per heavy atom. The Balaban J connectivity index is 3.11. The van der Waals surface area contributed by atoms with Crippen molar-refractivity contribution < 1.29 is 14.3 Å². The summed E-state index contributed by atoms with van der Waals surface area (Å²) in [7, 11) is 0. The molecule has 13 heavy (non-hydrogen) atoms. The van der Waals surface area contributed by atoms with E-state index in [9.17, 15) is 4.79 Å². The average molecular weight is 188 g/mol. The summed E-state index contributed by atoms with van der Waals surface area (Å²) in [6, 6.07) is 0. The van der Waals surface area contributed by atoms with Crippen molar-refractivity contribution in [2.24, 2.45) is 0 Å². The number of esters is 1. The maximum atomic E-state index is 10.9. The molecule has 0 aliphatic rings. The lowest BCUT2D eigenvalue weighted by Crippen LogP contribution is -2.09. The topological polar surface area (TPSA) is 35.5 Å². The molecule has 0 aromatic heterocycles. The van der Waals surface area contributed by atoms with Gasteiger partial charge in [0.1, 0.15) is 0 Å². The van der Waals surface area contributed by atoms with Gasteiger partial charge in [-0.2, -0.15) is 0 Å². The molecule has 0 saturated carbocycles. The maximum Gasteiger partial charge on any atom is 0.305 e. The normalized spacial score (nSPS) is 10.5. The molecule has 0 radical (unpaired) electrons. The van der Waals surface area contributed by atoms with E-state index in [1.165, 1.54) is 0 Å². The first kappa shape index (κ1) is 12.4. The molecule has 0 aliphatic carbocycles. The van der Waals surface area contributed by atoms with Crippen LogP contribution in [0.5, 0.6) is 0 Å². The van der Waals surface area contributed by atoms with Gasteiger partial charge in [0.05, 0.1) is 19.3 Å². The van der Waals surface area contributed by atoms with Gasteiger partial charge in [0.15, 0.2) is 0 Å². The highest BCUT2D eigenvalue weighted by Crippen LogP contribution is 1.94. The van der Waals surface area contributed by atoms with Crippen molar-refractivity contribution >= 4 is 5.97 Å². The van der Waals surface area contributed by atoms with Crippen LogP contribution in [0.25, 0.3) is 0 Å². The van der Waals surface area contributed by atoms with Crippen molar-refractivity contribution in [2.45, 2.75) is 46.1 Å². The smallest absolute Gasteiger partial charge is 0.305 e. The second kappa shape index (κ2) is 8.05. The van der Waals surface area contributed by atoms with E-state index in [-0.39, 0.29) is 12.1 Å². The molecule has 3 nitrogen and oxygen atoms in total. The Morgan fingerprint density at radius 3 is 2.54 bits per heavy atom. The minimum absolute atomic E-state index is 0.105. The number of ether oxygens (including phenoxy) is 2. The van der Waals surface area contributed by atoms with Crippen molar-refractivity contribution in [1.29, 1.82) is 0 Å². The second-order valence-corrected chi connectivity index (χ2v) is 3.24. The van der Waals surface area contributed by atoms with E-state index >= 15 is 0 Å². The molecule has 0 aromatic carbocycles. The fourth-order valence-corrected chi connectivity index (χ4v) is 0.840. The van der Waals surface area contributed by atoms with Crippen molar-refractivity contribution in [3.63, 3.8) is 0 Å². The van der Waals surface area contributed by atoms with Crippen LogP contribution >= 0.6 is 0 Å². The van der Waals surface area contributed by atoms with Crippen LogP contribution < -0.4 is 0 Å². The van der Waals surface area contributed by atoms with Crippen LogP contribution in [0.3, 0.4) is 0 Å². The van der Waals surface area contributed by atoms with Crippen LogP contribution in [0.4, 0.5) is 0 Å². The summed E-state index contributed by atoms with van der Waals surface area (Å²) in [6.07, 6.45) is 2.41. The summed E-state index contributed by atoms with van der Waals surface area (Å²) >= 11 is 0. The predicted molar refractivity (Wildman–Crippen MR) is 51.6 cm³/mol. The fourth-order valence-electron chi connectivity index (χ4n) is 0.840. The van der Waals surface area contributed by atoms with Gasteiger partial charge in [-0.3, -0.25) is 4.79 Å². The predicted octanol–water partition coefficient (Wildman–Crippen LogP) is 2.14. The molecule has 0 atom stereocenters. The molecule has 78 valence electrons. The molecule has 0 spiro atoms. The third kappa shape index (κ3) is 9.34. The lowest BCUT2D eigenvalue weighted by atomic mass is 10.3. The molecule has 0 rings (SSSR count). The summed E-state index contributed by atoms with van der Waals surface area (Å²) in [4.78, 5) is 10.9. The third-order valence-corrected chi connectivity index (χ3v) is 1.46. The summed E-state index contributed by atoms with van der Waals surface area (Å²) in [5.74, 6) is -0.105. The van der Waals surface area contributed by atoms with Crippen LogP contribution in [0.15, 0.2) is 0 Å². The molecule has 0 amide bonds. The summed E-state index contributed by atoms with van der Waals surface area (Å²) in [5, 5.41) is 0. The maximum absolute atomic E-state index is 10.9. The first-order chi connectivity index (χ1) is 6.16. The van der Waals surface area contributed by atoms with E-state index in [0.717, 1.165) is 12.8 Å². The van der Waals surface area contributed by atoms with Crippen LogP contribution in [0, 0.1) is 0 Å². The Bertz CT molecular complexity index is 132. The van der Waals surface area contributed by atoms with E-state index in [1.807, 2.05) is 20.8 Å². The zero-order chi connectivity index (χ0) is 10.1. The van der Waals surface area contributed by atoms with Gasteiger partial charge in [0.25, 0.3) is 0 Å². The van der Waals surface area contributed by atoms with Crippen molar-refractivity contribution in [3.05, 3.63) is 0 Å². The number of hydrogen-bond donors (Lipinski definition) is 0. The molecule has 0 bridgehead atoms. The Labute approximate surface area is 80.4 Å². The van der Waals surface area contributed by atoms with Crippen LogP contribution in [0.1, 0.15) is 40.0 Å². The number of hydrogen-bond acceptors (Lipinski definition) is 3. The monoisotopic (exact) mass is 188 g/mol. The summed E-state index contributed by atoms with van der Waals surface area (Å²) in [6.45, 7) is 7.08. The molecule has 3 heteroatoms. The van der Waals surface area contributed by atoms with Crippen LogP contribution in [0.2, 0.25) is 0 Å². The molecular formula is C10H20O3. The first-order valence-corrected chi connectivity index (χ1v) is 4.94. The molecular weight excluding hydrogens is 168 g/mol. The summed E-state index contributed by atoms with van der Waals surface area (Å²) < 4.78 is 10.2.